The van der Waals surface area contributed by atoms with Crippen LogP contribution in [0.15, 0.2) is 93.6 Å². The number of primary amides is 2. The molecule has 2 aliphatic rings. The molecule has 7 aromatic heterocycles. The van der Waals surface area contributed by atoms with Crippen LogP contribution in [0.5, 0.6) is 5.75 Å². The maximum atomic E-state index is 14.4. The number of fused-ring (bicyclic) bond motifs is 16. The van der Waals surface area contributed by atoms with Gasteiger partial charge in [0.1, 0.15) is 93.8 Å². The van der Waals surface area contributed by atoms with E-state index in [0.29, 0.717) is 64.4 Å². The van der Waals surface area contributed by atoms with Crippen molar-refractivity contribution in [1.29, 1.82) is 0 Å². The van der Waals surface area contributed by atoms with Gasteiger partial charge in [-0.2, -0.15) is 0 Å². The lowest BCUT2D eigenvalue weighted by Crippen LogP contribution is -2.50. The number of nitrogens with two attached hydrogens (primary N) is 2. The number of phenols is 1. The number of aromatic hydroxyl groups is 1. The summed E-state index contributed by atoms with van der Waals surface area (Å²) in [7, 11) is 0. The van der Waals surface area contributed by atoms with Gasteiger partial charge in [0.2, 0.25) is 17.7 Å². The van der Waals surface area contributed by atoms with Crippen LogP contribution in [0, 0.1) is 12.8 Å². The molecule has 0 spiro atoms. The van der Waals surface area contributed by atoms with Gasteiger partial charge in [-0.1, -0.05) is 49.4 Å². The number of amides is 7. The number of nitrogens with zero attached hydrogens (tertiary/aromatic N) is 8. The summed E-state index contributed by atoms with van der Waals surface area (Å²) < 4.78 is 0. The van der Waals surface area contributed by atoms with Crippen LogP contribution in [0.2, 0.25) is 0 Å². The van der Waals surface area contributed by atoms with Gasteiger partial charge in [0, 0.05) is 56.2 Å². The first-order valence-corrected chi connectivity index (χ1v) is 31.1. The van der Waals surface area contributed by atoms with Crippen molar-refractivity contribution in [3.8, 4) is 49.1 Å². The number of thiazole rings is 6. The monoisotopic (exact) mass is 1260 g/mol. The van der Waals surface area contributed by atoms with Crippen molar-refractivity contribution in [3.63, 3.8) is 0 Å². The van der Waals surface area contributed by atoms with Crippen molar-refractivity contribution in [2.75, 3.05) is 13.1 Å². The zero-order chi connectivity index (χ0) is 59.8. The van der Waals surface area contributed by atoms with Crippen LogP contribution < -0.4 is 32.7 Å². The number of nitrogens with one attached hydrogen (secondary N) is 4. The lowest BCUT2D eigenvalue weighted by molar-refractivity contribution is -0.134. The zero-order valence-electron chi connectivity index (χ0n) is 44.5. The molecule has 0 aliphatic carbocycles. The molecule has 7 amide bonds. The van der Waals surface area contributed by atoms with E-state index < -0.39 is 96.6 Å². The van der Waals surface area contributed by atoms with E-state index in [2.05, 4.69) is 36.2 Å². The predicted octanol–water partition coefficient (Wildman–Crippen LogP) is 5.50. The van der Waals surface area contributed by atoms with Crippen molar-refractivity contribution in [2.24, 2.45) is 17.4 Å². The summed E-state index contributed by atoms with van der Waals surface area (Å²) in [5.41, 5.74) is 14.0. The summed E-state index contributed by atoms with van der Waals surface area (Å²) in [4.78, 5) is 131. The molecule has 9 aromatic rings. The third-order valence-electron chi connectivity index (χ3n) is 13.9. The number of carbonyl (C=O) groups excluding carboxylic acids is 7. The molecular formula is C55H48N14O10S6. The van der Waals surface area contributed by atoms with Crippen LogP contribution >= 0.6 is 68.0 Å². The van der Waals surface area contributed by atoms with E-state index in [1.165, 1.54) is 55.8 Å². The molecule has 85 heavy (non-hydrogen) atoms. The Hall–Kier alpha value is -8.62. The summed E-state index contributed by atoms with van der Waals surface area (Å²) in [6.07, 6.45) is -2.89. The molecule has 10 bridgehead atoms. The summed E-state index contributed by atoms with van der Waals surface area (Å²) >= 11 is 6.78. The Balaban J connectivity index is 0.980. The average Bonchev–Trinajstić information content (AvgIpc) is 3.77. The van der Waals surface area contributed by atoms with Crippen molar-refractivity contribution in [3.05, 3.63) is 147 Å². The highest BCUT2D eigenvalue weighted by molar-refractivity contribution is 7.15. The second-order valence-corrected chi connectivity index (χ2v) is 25.3. The molecule has 24 nitrogen and oxygen atoms in total. The third kappa shape index (κ3) is 12.5. The fraction of sp³-hybridized carbons (Fsp3) is 0.236. The van der Waals surface area contributed by atoms with Crippen LogP contribution in [0.1, 0.15) is 111 Å². The number of pyridine rings is 1. The smallest absolute Gasteiger partial charge is 0.271 e. The first kappa shape index (κ1) is 58.2. The second-order valence-electron chi connectivity index (χ2n) is 19.7. The fourth-order valence-electron chi connectivity index (χ4n) is 9.53. The van der Waals surface area contributed by atoms with E-state index in [0.717, 1.165) is 45.3 Å². The summed E-state index contributed by atoms with van der Waals surface area (Å²) in [5.74, 6) is -5.57. The van der Waals surface area contributed by atoms with Crippen LogP contribution in [0.3, 0.4) is 0 Å². The van der Waals surface area contributed by atoms with Crippen LogP contribution in [0.4, 0.5) is 0 Å². The normalized spacial score (nSPS) is 20.0. The molecule has 1 saturated heterocycles. The van der Waals surface area contributed by atoms with Gasteiger partial charge in [-0.3, -0.25) is 33.6 Å². The summed E-state index contributed by atoms with van der Waals surface area (Å²) in [5, 5.41) is 54.2. The largest absolute Gasteiger partial charge is 0.508 e. The van der Waals surface area contributed by atoms with Gasteiger partial charge >= 0.3 is 0 Å². The van der Waals surface area contributed by atoms with E-state index >= 15 is 0 Å². The van der Waals surface area contributed by atoms with Gasteiger partial charge in [-0.05, 0) is 42.3 Å². The number of carbonyl (C=O) groups is 7. The minimum absolute atomic E-state index is 0.0290. The number of benzene rings is 2. The predicted molar refractivity (Wildman–Crippen MR) is 317 cm³/mol. The molecule has 2 aliphatic heterocycles. The van der Waals surface area contributed by atoms with Crippen LogP contribution in [0.25, 0.3) is 43.4 Å². The van der Waals surface area contributed by atoms with Gasteiger partial charge in [-0.15, -0.1) is 68.0 Å². The van der Waals surface area contributed by atoms with Crippen molar-refractivity contribution in [2.45, 2.75) is 63.1 Å². The van der Waals surface area contributed by atoms with Crippen molar-refractivity contribution < 1.29 is 48.9 Å². The molecule has 11 N–H and O–H groups in total. The number of aromatic nitrogens is 7. The number of aliphatic hydroxyl groups is 2. The second kappa shape index (κ2) is 24.5. The van der Waals surface area contributed by atoms with Crippen molar-refractivity contribution in [1.82, 2.24) is 61.1 Å². The highest BCUT2D eigenvalue weighted by Gasteiger charge is 2.43. The lowest BCUT2D eigenvalue weighted by atomic mass is 10.0. The quantitative estimate of drug-likeness (QED) is 0.0906. The number of hydrogen-bond acceptors (Lipinski definition) is 23. The maximum Gasteiger partial charge on any atom is 0.271 e. The highest BCUT2D eigenvalue weighted by Crippen LogP contribution is 2.42. The molecule has 1 fully saturated rings. The Kier molecular flexibility index (Phi) is 16.8. The number of hydrogen-bond donors (Lipinski definition) is 9. The Morgan fingerprint density at radius 2 is 1.32 bits per heavy atom. The molecule has 9 heterocycles. The van der Waals surface area contributed by atoms with Crippen LogP contribution in [-0.4, -0.2) is 122 Å². The standard InChI is InChI=1S/C55H48N14O10S6/c1-23-37(71)17-69-39(73)16-58-46(76)30(14-25-8-10-27(70)11-9-25)60-47(77)35-21-83-54(65-35)42(44(74)26-6-4-3-5-7-26)67-49(79)40-24(2)85-53(68-40)31(15-38(56)72)61-48(78)34-20-80-50(64-34)28-12-13-29(51-63-33(19-82-51)45(57)75)59-41(28)32-18-81-52(62-32)36-22-84-55(66-36)43(23)69/h3-13,18-23,30-31,37,42-44,70-71,74H,14-17H2,1-2H3,(H2,56,72)(H2,57,75)(H,58,76)(H,60,77)(H,61,78)(H,67,79)/t23-,30-,31-,37-,42-,43-,44+/m0/s1. The first-order chi connectivity index (χ1) is 40.8. The number of aliphatic hydroxyl groups excluding tert-OH is 2. The molecule has 0 saturated carbocycles. The molecular weight excluding hydrogens is 1210 g/mol. The summed E-state index contributed by atoms with van der Waals surface area (Å²) in [6, 6.07) is 13.4. The SMILES string of the molecule is Cc1sc2nc1C(=O)N[C@@H]([C@H](O)c1ccccc1)c1nc(cs1)C(=O)N[C@@H](Cc1ccc(O)cc1)C(=O)NCC(=O)N1C[C@H](O)[C@H](C)[C@H]1c1nc(cs1)-c1nc(cs1)-c1nc(-c3nc(C(N)=O)cs3)ccc1-c1nc(cs1)C(=O)N[C@H]2CC(N)=O. The number of rotatable bonds is 8. The lowest BCUT2D eigenvalue weighted by Gasteiger charge is -2.25. The Morgan fingerprint density at radius 3 is 2.06 bits per heavy atom. The van der Waals surface area contributed by atoms with Gasteiger partial charge < -0.3 is 53.0 Å². The van der Waals surface area contributed by atoms with Crippen molar-refractivity contribution >= 4 is 109 Å². The highest BCUT2D eigenvalue weighted by atomic mass is 32.1. The van der Waals surface area contributed by atoms with Gasteiger partial charge in [0.15, 0.2) is 0 Å². The average molecular weight is 1260 g/mol. The Labute approximate surface area is 506 Å². The van der Waals surface area contributed by atoms with Gasteiger partial charge in [0.25, 0.3) is 23.6 Å². The van der Waals surface area contributed by atoms with Gasteiger partial charge in [0.05, 0.1) is 36.8 Å². The van der Waals surface area contributed by atoms with E-state index in [-0.39, 0.29) is 51.5 Å². The Morgan fingerprint density at radius 1 is 0.671 bits per heavy atom. The molecule has 2 aromatic carbocycles. The molecule has 0 unspecified atom stereocenters. The minimum Gasteiger partial charge on any atom is -0.508 e. The molecule has 0 radical (unpaired) electrons. The Bertz CT molecular complexity index is 4050. The molecule has 7 atom stereocenters. The molecule has 434 valence electrons. The maximum absolute atomic E-state index is 14.4. The van der Waals surface area contributed by atoms with Crippen LogP contribution in [-0.2, 0) is 20.8 Å². The number of phenolic OH excluding ortho intramolecular Hbond substituents is 1. The van der Waals surface area contributed by atoms with E-state index in [4.69, 9.17) is 31.4 Å². The molecule has 11 rings (SSSR count). The van der Waals surface area contributed by atoms with E-state index in [1.807, 2.05) is 0 Å². The fourth-order valence-corrected chi connectivity index (χ4v) is 14.9. The topological polar surface area (TPSA) is 374 Å². The van der Waals surface area contributed by atoms with Gasteiger partial charge in [-0.25, -0.2) is 34.9 Å². The minimum atomic E-state index is -1.43. The third-order valence-corrected chi connectivity index (χ3v) is 19.5. The van der Waals surface area contributed by atoms with E-state index in [1.54, 1.807) is 79.2 Å². The van der Waals surface area contributed by atoms with E-state index in [9.17, 15) is 48.9 Å². The zero-order valence-corrected chi connectivity index (χ0v) is 49.4. The first-order valence-electron chi connectivity index (χ1n) is 25.9. The molecule has 30 heteroatoms. The summed E-state index contributed by atoms with van der Waals surface area (Å²) in [6.45, 7) is 2.81. The number of aryl methyl sites for hydroxylation is 1.